The molecule has 0 aliphatic heterocycles. The van der Waals surface area contributed by atoms with Gasteiger partial charge in [0.25, 0.3) is 5.91 Å². The fourth-order valence-electron chi connectivity index (χ4n) is 1.80. The van der Waals surface area contributed by atoms with E-state index in [9.17, 15) is 4.79 Å². The Morgan fingerprint density at radius 1 is 1.32 bits per heavy atom. The van der Waals surface area contributed by atoms with Gasteiger partial charge in [-0.05, 0) is 19.8 Å². The van der Waals surface area contributed by atoms with Crippen molar-refractivity contribution in [1.29, 1.82) is 0 Å². The third kappa shape index (κ3) is 6.81. The van der Waals surface area contributed by atoms with E-state index >= 15 is 0 Å². The zero-order valence-electron chi connectivity index (χ0n) is 13.3. The molecule has 0 radical (unpaired) electrons. The summed E-state index contributed by atoms with van der Waals surface area (Å²) in [7, 11) is 0. The molecule has 1 amide bonds. The number of aromatic nitrogens is 2. The second-order valence-electron chi connectivity index (χ2n) is 4.57. The summed E-state index contributed by atoms with van der Waals surface area (Å²) < 4.78 is 0. The molecule has 1 rings (SSSR count). The van der Waals surface area contributed by atoms with Crippen molar-refractivity contribution in [3.05, 3.63) is 11.2 Å². The molecule has 0 aromatic carbocycles. The van der Waals surface area contributed by atoms with Gasteiger partial charge in [0.1, 0.15) is 11.0 Å². The van der Waals surface area contributed by atoms with Gasteiger partial charge in [0.05, 0.1) is 12.4 Å². The number of carbonyl (C=O) groups excluding carboxylic acids is 1. The largest absolute Gasteiger partial charge is 0.356 e. The highest BCUT2D eigenvalue weighted by molar-refractivity contribution is 7.99. The van der Waals surface area contributed by atoms with Crippen molar-refractivity contribution in [2.75, 3.05) is 30.3 Å². The lowest BCUT2D eigenvalue weighted by Crippen LogP contribution is -2.26. The molecule has 1 N–H and O–H groups in total. The minimum absolute atomic E-state index is 0.182. The predicted molar refractivity (Wildman–Crippen MR) is 90.3 cm³/mol. The Balaban J connectivity index is 2.73. The SMILES string of the molecule is CCCN(CCC)c1cc(Cl)nc(SCC(=O)NOCC)n1. The molecular formula is C14H23ClN4O2S. The molecule has 0 atom stereocenters. The van der Waals surface area contributed by atoms with Gasteiger partial charge >= 0.3 is 0 Å². The van der Waals surface area contributed by atoms with Crippen LogP contribution in [0.25, 0.3) is 0 Å². The van der Waals surface area contributed by atoms with E-state index in [1.807, 2.05) is 0 Å². The molecule has 0 aliphatic rings. The van der Waals surface area contributed by atoms with E-state index in [0.717, 1.165) is 31.7 Å². The maximum Gasteiger partial charge on any atom is 0.254 e. The van der Waals surface area contributed by atoms with Crippen LogP contribution in [0.15, 0.2) is 11.2 Å². The van der Waals surface area contributed by atoms with Crippen LogP contribution in [0.4, 0.5) is 5.82 Å². The maximum atomic E-state index is 11.5. The number of anilines is 1. The van der Waals surface area contributed by atoms with E-state index in [1.165, 1.54) is 11.8 Å². The Labute approximate surface area is 140 Å². The number of amides is 1. The molecule has 1 heterocycles. The van der Waals surface area contributed by atoms with Crippen LogP contribution in [-0.4, -0.2) is 41.3 Å². The minimum atomic E-state index is -0.226. The number of nitrogens with one attached hydrogen (secondary N) is 1. The third-order valence-corrected chi connectivity index (χ3v) is 3.68. The molecule has 0 saturated carbocycles. The first-order valence-electron chi connectivity index (χ1n) is 7.43. The van der Waals surface area contributed by atoms with Crippen molar-refractivity contribution in [3.63, 3.8) is 0 Å². The van der Waals surface area contributed by atoms with Crippen LogP contribution in [-0.2, 0) is 9.63 Å². The predicted octanol–water partition coefficient (Wildman–Crippen LogP) is 2.92. The standard InChI is InChI=1S/C14H23ClN4O2S/c1-4-7-19(8-5-2)12-9-11(15)16-14(17-12)22-10-13(20)18-21-6-3/h9H,4-8,10H2,1-3H3,(H,18,20). The molecule has 8 heteroatoms. The number of nitrogens with zero attached hydrogens (tertiary/aromatic N) is 3. The first-order chi connectivity index (χ1) is 10.6. The van der Waals surface area contributed by atoms with E-state index in [4.69, 9.17) is 16.4 Å². The van der Waals surface area contributed by atoms with Crippen LogP contribution in [0.5, 0.6) is 0 Å². The Bertz CT molecular complexity index is 470. The van der Waals surface area contributed by atoms with Crippen molar-refractivity contribution < 1.29 is 9.63 Å². The summed E-state index contributed by atoms with van der Waals surface area (Å²) in [6, 6.07) is 1.76. The summed E-state index contributed by atoms with van der Waals surface area (Å²) in [5.41, 5.74) is 2.34. The molecule has 0 unspecified atom stereocenters. The summed E-state index contributed by atoms with van der Waals surface area (Å²) in [5, 5.41) is 0.876. The lowest BCUT2D eigenvalue weighted by molar-refractivity contribution is -0.130. The van der Waals surface area contributed by atoms with Crippen LogP contribution in [0, 0.1) is 0 Å². The molecule has 0 spiro atoms. The lowest BCUT2D eigenvalue weighted by atomic mass is 10.3. The van der Waals surface area contributed by atoms with Crippen molar-refractivity contribution in [2.24, 2.45) is 0 Å². The summed E-state index contributed by atoms with van der Waals surface area (Å²) >= 11 is 7.31. The highest BCUT2D eigenvalue weighted by Gasteiger charge is 2.12. The molecule has 1 aromatic heterocycles. The van der Waals surface area contributed by atoms with E-state index in [1.54, 1.807) is 13.0 Å². The van der Waals surface area contributed by atoms with Gasteiger partial charge in [0.2, 0.25) is 0 Å². The molecule has 22 heavy (non-hydrogen) atoms. The van der Waals surface area contributed by atoms with Gasteiger partial charge in [-0.2, -0.15) is 0 Å². The maximum absolute atomic E-state index is 11.5. The van der Waals surface area contributed by atoms with E-state index in [0.29, 0.717) is 16.9 Å². The molecule has 0 aliphatic carbocycles. The molecule has 0 bridgehead atoms. The average Bonchev–Trinajstić information content (AvgIpc) is 2.50. The number of hydroxylamine groups is 1. The van der Waals surface area contributed by atoms with Crippen molar-refractivity contribution >= 4 is 35.1 Å². The number of hydrogen-bond acceptors (Lipinski definition) is 6. The fourth-order valence-corrected chi connectivity index (χ4v) is 2.67. The quantitative estimate of drug-likeness (QED) is 0.304. The lowest BCUT2D eigenvalue weighted by Gasteiger charge is -2.22. The molecule has 0 fully saturated rings. The molecule has 6 nitrogen and oxygen atoms in total. The summed E-state index contributed by atoms with van der Waals surface area (Å²) in [6.07, 6.45) is 2.06. The van der Waals surface area contributed by atoms with Gasteiger partial charge in [-0.3, -0.25) is 9.63 Å². The van der Waals surface area contributed by atoms with Crippen molar-refractivity contribution in [1.82, 2.24) is 15.4 Å². The van der Waals surface area contributed by atoms with E-state index in [-0.39, 0.29) is 11.7 Å². The monoisotopic (exact) mass is 346 g/mol. The van der Waals surface area contributed by atoms with Gasteiger partial charge in [0, 0.05) is 19.2 Å². The van der Waals surface area contributed by atoms with Gasteiger partial charge in [-0.1, -0.05) is 37.2 Å². The zero-order chi connectivity index (χ0) is 16.4. The topological polar surface area (TPSA) is 67.4 Å². The minimum Gasteiger partial charge on any atom is -0.356 e. The third-order valence-electron chi connectivity index (χ3n) is 2.63. The number of hydrogen-bond donors (Lipinski definition) is 1. The second kappa shape index (κ2) is 10.6. The number of thioether (sulfide) groups is 1. The summed E-state index contributed by atoms with van der Waals surface area (Å²) in [4.78, 5) is 27.2. The van der Waals surface area contributed by atoms with Crippen LogP contribution in [0.2, 0.25) is 5.15 Å². The van der Waals surface area contributed by atoms with Crippen LogP contribution in [0.1, 0.15) is 33.6 Å². The smallest absolute Gasteiger partial charge is 0.254 e. The molecule has 1 aromatic rings. The van der Waals surface area contributed by atoms with Gasteiger partial charge < -0.3 is 4.90 Å². The molecule has 124 valence electrons. The first kappa shape index (κ1) is 19.0. The Morgan fingerprint density at radius 3 is 2.59 bits per heavy atom. The Kier molecular flexibility index (Phi) is 9.19. The number of rotatable bonds is 10. The number of carbonyl (C=O) groups is 1. The van der Waals surface area contributed by atoms with Crippen molar-refractivity contribution in [3.8, 4) is 0 Å². The Morgan fingerprint density at radius 2 is 2.00 bits per heavy atom. The normalized spacial score (nSPS) is 10.5. The van der Waals surface area contributed by atoms with E-state index in [2.05, 4.69) is 34.2 Å². The first-order valence-corrected chi connectivity index (χ1v) is 8.79. The van der Waals surface area contributed by atoms with Gasteiger partial charge in [0.15, 0.2) is 5.16 Å². The zero-order valence-corrected chi connectivity index (χ0v) is 14.8. The average molecular weight is 347 g/mol. The Hall–Kier alpha value is -1.05. The van der Waals surface area contributed by atoms with Gasteiger partial charge in [-0.25, -0.2) is 15.4 Å². The summed E-state index contributed by atoms with van der Waals surface area (Å²) in [6.45, 7) is 8.30. The highest BCUT2D eigenvalue weighted by Crippen LogP contribution is 2.22. The van der Waals surface area contributed by atoms with E-state index < -0.39 is 0 Å². The second-order valence-corrected chi connectivity index (χ2v) is 5.90. The van der Waals surface area contributed by atoms with Crippen LogP contribution < -0.4 is 10.4 Å². The van der Waals surface area contributed by atoms with Crippen LogP contribution in [0.3, 0.4) is 0 Å². The summed E-state index contributed by atoms with van der Waals surface area (Å²) in [5.74, 6) is 0.758. The van der Waals surface area contributed by atoms with Crippen LogP contribution >= 0.6 is 23.4 Å². The van der Waals surface area contributed by atoms with Crippen molar-refractivity contribution in [2.45, 2.75) is 38.8 Å². The fraction of sp³-hybridized carbons (Fsp3) is 0.643. The van der Waals surface area contributed by atoms with Gasteiger partial charge in [-0.15, -0.1) is 0 Å². The highest BCUT2D eigenvalue weighted by atomic mass is 35.5. The number of halogens is 1. The molecule has 0 saturated heterocycles. The molecular weight excluding hydrogens is 324 g/mol.